The Morgan fingerprint density at radius 1 is 1.19 bits per heavy atom. The van der Waals surface area contributed by atoms with Crippen LogP contribution in [0, 0.1) is 0 Å². The average molecular weight is 305 g/mol. The lowest BCUT2D eigenvalue weighted by molar-refractivity contribution is 0.424. The Balaban J connectivity index is 2.15. The van der Waals surface area contributed by atoms with Gasteiger partial charge in [0.25, 0.3) is 0 Å². The topological polar surface area (TPSA) is 17.0 Å². The lowest BCUT2D eigenvalue weighted by Crippen LogP contribution is -2.35. The van der Waals surface area contributed by atoms with E-state index < -0.39 is 0 Å². The Hall–Kier alpha value is -0.930. The molecular formula is C18H28N2S. The highest BCUT2D eigenvalue weighted by molar-refractivity contribution is 7.99. The molecule has 0 aliphatic heterocycles. The molecule has 0 saturated heterocycles. The third kappa shape index (κ3) is 4.79. The molecule has 0 unspecified atom stereocenters. The zero-order chi connectivity index (χ0) is 15.3. The van der Waals surface area contributed by atoms with Gasteiger partial charge in [0.05, 0.1) is 5.52 Å². The van der Waals surface area contributed by atoms with E-state index in [-0.39, 0.29) is 5.54 Å². The van der Waals surface area contributed by atoms with E-state index in [4.69, 9.17) is 0 Å². The third-order valence-corrected chi connectivity index (χ3v) is 4.56. The normalized spacial score (nSPS) is 12.2. The van der Waals surface area contributed by atoms with Crippen LogP contribution in [0.25, 0.3) is 10.9 Å². The van der Waals surface area contributed by atoms with Gasteiger partial charge in [-0.2, -0.15) is 11.8 Å². The number of rotatable bonds is 7. The predicted octanol–water partition coefficient (Wildman–Crippen LogP) is 4.67. The smallest absolute Gasteiger partial charge is 0.0525 e. The summed E-state index contributed by atoms with van der Waals surface area (Å²) in [4.78, 5) is 0. The molecule has 1 heterocycles. The second-order valence-electron chi connectivity index (χ2n) is 6.52. The van der Waals surface area contributed by atoms with Gasteiger partial charge in [-0.25, -0.2) is 0 Å². The molecule has 116 valence electrons. The molecule has 0 atom stereocenters. The Morgan fingerprint density at radius 2 is 2.00 bits per heavy atom. The molecule has 2 aromatic rings. The van der Waals surface area contributed by atoms with E-state index in [1.54, 1.807) is 0 Å². The van der Waals surface area contributed by atoms with Crippen molar-refractivity contribution in [3.63, 3.8) is 0 Å². The standard InChI is InChI=1S/C18H28N2S/c1-5-21-13-7-11-20-12-10-15-8-6-9-16(17(15)20)14-19-18(2,3)4/h6,8-10,12,19H,5,7,11,13-14H2,1-4H3. The Kier molecular flexibility index (Phi) is 5.77. The van der Waals surface area contributed by atoms with Crippen molar-refractivity contribution in [2.24, 2.45) is 0 Å². The van der Waals surface area contributed by atoms with E-state index in [2.05, 4.69) is 68.0 Å². The minimum Gasteiger partial charge on any atom is -0.347 e. The fourth-order valence-corrected chi connectivity index (χ4v) is 3.13. The number of fused-ring (bicyclic) bond motifs is 1. The molecule has 0 aliphatic rings. The fourth-order valence-electron chi connectivity index (χ4n) is 2.51. The molecule has 21 heavy (non-hydrogen) atoms. The number of hydrogen-bond donors (Lipinski definition) is 1. The van der Waals surface area contributed by atoms with Crippen LogP contribution in [0.2, 0.25) is 0 Å². The van der Waals surface area contributed by atoms with Crippen LogP contribution in [0.5, 0.6) is 0 Å². The van der Waals surface area contributed by atoms with Crippen molar-refractivity contribution in [1.82, 2.24) is 9.88 Å². The van der Waals surface area contributed by atoms with Crippen LogP contribution in [0.1, 0.15) is 39.7 Å². The van der Waals surface area contributed by atoms with E-state index in [9.17, 15) is 0 Å². The molecule has 0 bridgehead atoms. The molecule has 2 nitrogen and oxygen atoms in total. The zero-order valence-corrected chi connectivity index (χ0v) is 14.6. The van der Waals surface area contributed by atoms with Crippen molar-refractivity contribution < 1.29 is 0 Å². The molecule has 0 radical (unpaired) electrons. The largest absolute Gasteiger partial charge is 0.347 e. The van der Waals surface area contributed by atoms with Gasteiger partial charge in [-0.3, -0.25) is 0 Å². The SMILES string of the molecule is CCSCCCn1ccc2cccc(CNC(C)(C)C)c21. The summed E-state index contributed by atoms with van der Waals surface area (Å²) < 4.78 is 2.42. The molecule has 1 aromatic heterocycles. The van der Waals surface area contributed by atoms with Gasteiger partial charge in [-0.1, -0.05) is 25.1 Å². The molecule has 2 rings (SSSR count). The van der Waals surface area contributed by atoms with Gasteiger partial charge in [-0.05, 0) is 55.7 Å². The van der Waals surface area contributed by atoms with Gasteiger partial charge in [0.1, 0.15) is 0 Å². The highest BCUT2D eigenvalue weighted by atomic mass is 32.2. The van der Waals surface area contributed by atoms with Crippen molar-refractivity contribution in [3.05, 3.63) is 36.0 Å². The lowest BCUT2D eigenvalue weighted by atomic mass is 10.1. The van der Waals surface area contributed by atoms with E-state index in [0.29, 0.717) is 0 Å². The number of benzene rings is 1. The number of para-hydroxylation sites is 1. The van der Waals surface area contributed by atoms with Crippen molar-refractivity contribution in [2.75, 3.05) is 11.5 Å². The number of aryl methyl sites for hydroxylation is 1. The number of hydrogen-bond acceptors (Lipinski definition) is 2. The highest BCUT2D eigenvalue weighted by Gasteiger charge is 2.11. The minimum atomic E-state index is 0.150. The van der Waals surface area contributed by atoms with Crippen LogP contribution in [0.15, 0.2) is 30.5 Å². The maximum Gasteiger partial charge on any atom is 0.0525 e. The summed E-state index contributed by atoms with van der Waals surface area (Å²) in [6.07, 6.45) is 3.48. The van der Waals surface area contributed by atoms with Gasteiger partial charge < -0.3 is 9.88 Å². The summed E-state index contributed by atoms with van der Waals surface area (Å²) in [5, 5.41) is 4.96. The monoisotopic (exact) mass is 304 g/mol. The van der Waals surface area contributed by atoms with Crippen LogP contribution in [0.3, 0.4) is 0 Å². The lowest BCUT2D eigenvalue weighted by Gasteiger charge is -2.21. The summed E-state index contributed by atoms with van der Waals surface area (Å²) in [5.74, 6) is 2.46. The average Bonchev–Trinajstić information content (AvgIpc) is 2.84. The van der Waals surface area contributed by atoms with Crippen LogP contribution in [0.4, 0.5) is 0 Å². The molecule has 0 aliphatic carbocycles. The quantitative estimate of drug-likeness (QED) is 0.748. The van der Waals surface area contributed by atoms with E-state index in [1.807, 2.05) is 11.8 Å². The van der Waals surface area contributed by atoms with Crippen LogP contribution >= 0.6 is 11.8 Å². The minimum absolute atomic E-state index is 0.150. The molecule has 0 saturated carbocycles. The fraction of sp³-hybridized carbons (Fsp3) is 0.556. The predicted molar refractivity (Wildman–Crippen MR) is 96.1 cm³/mol. The molecular weight excluding hydrogens is 276 g/mol. The van der Waals surface area contributed by atoms with Crippen LogP contribution in [-0.4, -0.2) is 21.6 Å². The first-order valence-corrected chi connectivity index (χ1v) is 9.06. The van der Waals surface area contributed by atoms with Gasteiger partial charge in [-0.15, -0.1) is 0 Å². The Morgan fingerprint density at radius 3 is 2.71 bits per heavy atom. The van der Waals surface area contributed by atoms with Crippen molar-refractivity contribution in [2.45, 2.75) is 52.7 Å². The maximum atomic E-state index is 3.61. The number of thioether (sulfide) groups is 1. The number of aromatic nitrogens is 1. The van der Waals surface area contributed by atoms with Gasteiger partial charge in [0.15, 0.2) is 0 Å². The summed E-state index contributed by atoms with van der Waals surface area (Å²) in [6, 6.07) is 8.87. The first-order valence-electron chi connectivity index (χ1n) is 7.91. The Labute approximate surface area is 133 Å². The molecule has 1 aromatic carbocycles. The second-order valence-corrected chi connectivity index (χ2v) is 7.91. The van der Waals surface area contributed by atoms with E-state index in [1.165, 1.54) is 34.4 Å². The third-order valence-electron chi connectivity index (χ3n) is 3.57. The molecule has 0 spiro atoms. The second kappa shape index (κ2) is 7.37. The molecule has 0 amide bonds. The maximum absolute atomic E-state index is 3.61. The van der Waals surface area contributed by atoms with Crippen LogP contribution < -0.4 is 5.32 Å². The van der Waals surface area contributed by atoms with Crippen LogP contribution in [-0.2, 0) is 13.1 Å². The number of nitrogens with one attached hydrogen (secondary N) is 1. The van der Waals surface area contributed by atoms with Gasteiger partial charge in [0, 0.05) is 24.8 Å². The van der Waals surface area contributed by atoms with Gasteiger partial charge in [0.2, 0.25) is 0 Å². The molecule has 0 fully saturated rings. The first-order chi connectivity index (χ1) is 10.0. The number of nitrogens with zero attached hydrogens (tertiary/aromatic N) is 1. The molecule has 1 N–H and O–H groups in total. The summed E-state index contributed by atoms with van der Waals surface area (Å²) in [6.45, 7) is 10.9. The summed E-state index contributed by atoms with van der Waals surface area (Å²) in [7, 11) is 0. The zero-order valence-electron chi connectivity index (χ0n) is 13.8. The van der Waals surface area contributed by atoms with Crippen molar-refractivity contribution >= 4 is 22.7 Å². The van der Waals surface area contributed by atoms with Crippen molar-refractivity contribution in [1.29, 1.82) is 0 Å². The van der Waals surface area contributed by atoms with Gasteiger partial charge >= 0.3 is 0 Å². The summed E-state index contributed by atoms with van der Waals surface area (Å²) in [5.41, 5.74) is 2.95. The highest BCUT2D eigenvalue weighted by Crippen LogP contribution is 2.21. The van der Waals surface area contributed by atoms with Crippen molar-refractivity contribution in [3.8, 4) is 0 Å². The van der Waals surface area contributed by atoms with E-state index >= 15 is 0 Å². The first kappa shape index (κ1) is 16.4. The summed E-state index contributed by atoms with van der Waals surface area (Å²) >= 11 is 2.03. The van der Waals surface area contributed by atoms with E-state index in [0.717, 1.165) is 13.1 Å². The Bertz CT molecular complexity index is 566. The molecule has 3 heteroatoms.